The van der Waals surface area contributed by atoms with Crippen LogP contribution >= 0.6 is 11.6 Å². The fourth-order valence-electron chi connectivity index (χ4n) is 1.39. The molecular weight excluding hydrogens is 222 g/mol. The van der Waals surface area contributed by atoms with Crippen molar-refractivity contribution in [2.24, 2.45) is 0 Å². The van der Waals surface area contributed by atoms with E-state index in [0.717, 1.165) is 11.3 Å². The average Bonchev–Trinajstić information content (AvgIpc) is 2.24. The van der Waals surface area contributed by atoms with Crippen molar-refractivity contribution in [1.82, 2.24) is 4.98 Å². The summed E-state index contributed by atoms with van der Waals surface area (Å²) in [5, 5.41) is 3.87. The number of pyridine rings is 1. The molecule has 3 nitrogen and oxygen atoms in total. The van der Waals surface area contributed by atoms with Gasteiger partial charge in [0.15, 0.2) is 0 Å². The molecule has 0 saturated carbocycles. The Labute approximate surface area is 99.3 Å². The predicted octanol–water partition coefficient (Wildman–Crippen LogP) is 3.37. The molecule has 1 aromatic carbocycles. The molecule has 0 spiro atoms. The van der Waals surface area contributed by atoms with Crippen LogP contribution in [0.3, 0.4) is 0 Å². The Morgan fingerprint density at radius 1 is 1.25 bits per heavy atom. The summed E-state index contributed by atoms with van der Waals surface area (Å²) < 4.78 is 0. The lowest BCUT2D eigenvalue weighted by molar-refractivity contribution is 1.30. The highest BCUT2D eigenvalue weighted by Gasteiger charge is 2.01. The molecule has 16 heavy (non-hydrogen) atoms. The van der Waals surface area contributed by atoms with E-state index in [4.69, 9.17) is 17.3 Å². The fraction of sp³-hybridized carbons (Fsp3) is 0.0833. The van der Waals surface area contributed by atoms with Crippen LogP contribution in [0.25, 0.3) is 0 Å². The van der Waals surface area contributed by atoms with Gasteiger partial charge in [-0.2, -0.15) is 0 Å². The van der Waals surface area contributed by atoms with Gasteiger partial charge in [-0.15, -0.1) is 0 Å². The molecule has 0 saturated heterocycles. The highest BCUT2D eigenvalue weighted by atomic mass is 35.5. The van der Waals surface area contributed by atoms with Gasteiger partial charge in [0.25, 0.3) is 0 Å². The molecule has 0 aliphatic carbocycles. The topological polar surface area (TPSA) is 50.9 Å². The molecule has 2 rings (SSSR count). The van der Waals surface area contributed by atoms with Gasteiger partial charge in [0.1, 0.15) is 11.6 Å². The molecular formula is C12H12ClN3. The van der Waals surface area contributed by atoms with Crippen molar-refractivity contribution >= 4 is 28.9 Å². The fourth-order valence-corrected chi connectivity index (χ4v) is 1.56. The maximum Gasteiger partial charge on any atom is 0.132 e. The van der Waals surface area contributed by atoms with Gasteiger partial charge in [-0.3, -0.25) is 0 Å². The average molecular weight is 234 g/mol. The second kappa shape index (κ2) is 4.41. The summed E-state index contributed by atoms with van der Waals surface area (Å²) in [5.74, 6) is 1.20. The second-order valence-corrected chi connectivity index (χ2v) is 3.97. The maximum absolute atomic E-state index is 5.93. The predicted molar refractivity (Wildman–Crippen MR) is 68.1 cm³/mol. The van der Waals surface area contributed by atoms with Crippen LogP contribution in [0.2, 0.25) is 5.02 Å². The van der Waals surface area contributed by atoms with E-state index in [9.17, 15) is 0 Å². The van der Waals surface area contributed by atoms with Crippen LogP contribution in [-0.2, 0) is 0 Å². The first-order valence-corrected chi connectivity index (χ1v) is 5.28. The third kappa shape index (κ3) is 2.44. The number of anilines is 3. The van der Waals surface area contributed by atoms with Gasteiger partial charge in [0.05, 0.1) is 0 Å². The number of benzene rings is 1. The number of aromatic nitrogens is 1. The Morgan fingerprint density at radius 3 is 2.81 bits per heavy atom. The van der Waals surface area contributed by atoms with Gasteiger partial charge in [-0.1, -0.05) is 23.7 Å². The van der Waals surface area contributed by atoms with E-state index in [2.05, 4.69) is 10.3 Å². The van der Waals surface area contributed by atoms with Crippen molar-refractivity contribution in [3.8, 4) is 0 Å². The molecule has 0 atom stereocenters. The first kappa shape index (κ1) is 10.8. The number of nitrogen functional groups attached to an aromatic ring is 1. The lowest BCUT2D eigenvalue weighted by Crippen LogP contribution is -1.98. The second-order valence-electron chi connectivity index (χ2n) is 3.53. The third-order valence-electron chi connectivity index (χ3n) is 2.23. The number of aryl methyl sites for hydroxylation is 1. The Balaban J connectivity index is 2.30. The molecule has 0 unspecified atom stereocenters. The van der Waals surface area contributed by atoms with E-state index in [1.165, 1.54) is 0 Å². The summed E-state index contributed by atoms with van der Waals surface area (Å²) in [6.07, 6.45) is 0. The minimum absolute atomic E-state index is 0.490. The van der Waals surface area contributed by atoms with E-state index < -0.39 is 0 Å². The molecule has 1 aromatic heterocycles. The van der Waals surface area contributed by atoms with Crippen LogP contribution in [0.15, 0.2) is 36.4 Å². The number of nitrogens with zero attached hydrogens (tertiary/aromatic N) is 1. The van der Waals surface area contributed by atoms with Gasteiger partial charge < -0.3 is 11.1 Å². The Morgan fingerprint density at radius 2 is 2.06 bits per heavy atom. The molecule has 4 heteroatoms. The molecule has 3 N–H and O–H groups in total. The first-order chi connectivity index (χ1) is 7.65. The number of hydrogen-bond donors (Lipinski definition) is 2. The van der Waals surface area contributed by atoms with Crippen molar-refractivity contribution in [1.29, 1.82) is 0 Å². The first-order valence-electron chi connectivity index (χ1n) is 4.91. The molecule has 82 valence electrons. The van der Waals surface area contributed by atoms with Crippen LogP contribution in [0.4, 0.5) is 17.3 Å². The standard InChI is InChI=1S/C12H12ClN3/c1-8-5-6-9(13)7-10(8)15-12-4-2-3-11(14)16-12/h2-7H,1H3,(H3,14,15,16). The normalized spacial score (nSPS) is 10.1. The van der Waals surface area contributed by atoms with E-state index in [-0.39, 0.29) is 0 Å². The minimum atomic E-state index is 0.490. The van der Waals surface area contributed by atoms with Crippen molar-refractivity contribution in [2.45, 2.75) is 6.92 Å². The van der Waals surface area contributed by atoms with Crippen molar-refractivity contribution in [3.63, 3.8) is 0 Å². The third-order valence-corrected chi connectivity index (χ3v) is 2.47. The smallest absolute Gasteiger partial charge is 0.132 e. The lowest BCUT2D eigenvalue weighted by Gasteiger charge is -2.09. The van der Waals surface area contributed by atoms with Gasteiger partial charge in [-0.05, 0) is 36.8 Å². The molecule has 0 radical (unpaired) electrons. The number of halogens is 1. The lowest BCUT2D eigenvalue weighted by atomic mass is 10.2. The van der Waals surface area contributed by atoms with Crippen LogP contribution in [0.1, 0.15) is 5.56 Å². The zero-order chi connectivity index (χ0) is 11.5. The molecule has 2 aromatic rings. The van der Waals surface area contributed by atoms with Crippen LogP contribution in [-0.4, -0.2) is 4.98 Å². The zero-order valence-electron chi connectivity index (χ0n) is 8.87. The summed E-state index contributed by atoms with van der Waals surface area (Å²) in [5.41, 5.74) is 7.64. The number of nitrogens with two attached hydrogens (primary N) is 1. The SMILES string of the molecule is Cc1ccc(Cl)cc1Nc1cccc(N)n1. The highest BCUT2D eigenvalue weighted by Crippen LogP contribution is 2.23. The molecule has 0 aliphatic rings. The number of rotatable bonds is 2. The quantitative estimate of drug-likeness (QED) is 0.836. The Hall–Kier alpha value is -1.74. The Bertz CT molecular complexity index is 511. The minimum Gasteiger partial charge on any atom is -0.384 e. The van der Waals surface area contributed by atoms with E-state index in [1.54, 1.807) is 6.07 Å². The van der Waals surface area contributed by atoms with Gasteiger partial charge in [-0.25, -0.2) is 4.98 Å². The van der Waals surface area contributed by atoms with E-state index >= 15 is 0 Å². The van der Waals surface area contributed by atoms with Crippen molar-refractivity contribution in [2.75, 3.05) is 11.1 Å². The molecule has 0 bridgehead atoms. The molecule has 0 fully saturated rings. The van der Waals surface area contributed by atoms with Crippen LogP contribution in [0, 0.1) is 6.92 Å². The largest absolute Gasteiger partial charge is 0.384 e. The van der Waals surface area contributed by atoms with Gasteiger partial charge in [0, 0.05) is 10.7 Å². The summed E-state index contributed by atoms with van der Waals surface area (Å²) in [6, 6.07) is 11.1. The van der Waals surface area contributed by atoms with Crippen molar-refractivity contribution in [3.05, 3.63) is 47.0 Å². The molecule has 0 aliphatic heterocycles. The van der Waals surface area contributed by atoms with Crippen LogP contribution < -0.4 is 11.1 Å². The van der Waals surface area contributed by atoms with E-state index in [1.807, 2.05) is 37.3 Å². The summed E-state index contributed by atoms with van der Waals surface area (Å²) in [6.45, 7) is 2.00. The maximum atomic E-state index is 5.93. The monoisotopic (exact) mass is 233 g/mol. The summed E-state index contributed by atoms with van der Waals surface area (Å²) in [4.78, 5) is 4.16. The highest BCUT2D eigenvalue weighted by molar-refractivity contribution is 6.30. The van der Waals surface area contributed by atoms with E-state index in [0.29, 0.717) is 16.7 Å². The van der Waals surface area contributed by atoms with Gasteiger partial charge >= 0.3 is 0 Å². The zero-order valence-corrected chi connectivity index (χ0v) is 9.62. The molecule has 1 heterocycles. The van der Waals surface area contributed by atoms with Crippen LogP contribution in [0.5, 0.6) is 0 Å². The van der Waals surface area contributed by atoms with Crippen molar-refractivity contribution < 1.29 is 0 Å². The Kier molecular flexibility index (Phi) is 2.97. The summed E-state index contributed by atoms with van der Waals surface area (Å²) in [7, 11) is 0. The molecule has 0 amide bonds. The number of nitrogens with one attached hydrogen (secondary N) is 1. The van der Waals surface area contributed by atoms with Gasteiger partial charge in [0.2, 0.25) is 0 Å². The summed E-state index contributed by atoms with van der Waals surface area (Å²) >= 11 is 5.93. The number of hydrogen-bond acceptors (Lipinski definition) is 3.